The number of benzene rings is 1. The van der Waals surface area contributed by atoms with Crippen molar-refractivity contribution in [3.8, 4) is 5.75 Å². The molecule has 2 rings (SSSR count). The number of urea groups is 1. The topological polar surface area (TPSA) is 93.2 Å². The Morgan fingerprint density at radius 1 is 1.32 bits per heavy atom. The van der Waals surface area contributed by atoms with Crippen LogP contribution < -0.4 is 15.4 Å². The minimum Gasteiger partial charge on any atom is -0.496 e. The number of nitrogens with zero attached hydrogens (tertiary/aromatic N) is 2. The fraction of sp³-hybridized carbons (Fsp3) is 0.0769. The summed E-state index contributed by atoms with van der Waals surface area (Å²) < 4.78 is 18.7. The van der Waals surface area contributed by atoms with Crippen molar-refractivity contribution >= 4 is 29.4 Å². The van der Waals surface area contributed by atoms with E-state index in [1.807, 2.05) is 5.32 Å². The Hall–Kier alpha value is -2.74. The number of nitrogens with one attached hydrogen (secondary N) is 2. The second kappa shape index (κ2) is 6.81. The quantitative estimate of drug-likeness (QED) is 0.903. The number of ether oxygens (including phenoxy) is 1. The molecular weight excluding hydrogens is 315 g/mol. The van der Waals surface area contributed by atoms with E-state index in [0.29, 0.717) is 0 Å². The summed E-state index contributed by atoms with van der Waals surface area (Å²) in [6.07, 6.45) is 4.06. The van der Waals surface area contributed by atoms with Crippen molar-refractivity contribution in [2.75, 3.05) is 12.4 Å². The first kappa shape index (κ1) is 15.6. The van der Waals surface area contributed by atoms with Crippen LogP contribution in [0.3, 0.4) is 0 Å². The third-order valence-corrected chi connectivity index (χ3v) is 2.72. The first-order chi connectivity index (χ1) is 10.5. The van der Waals surface area contributed by atoms with E-state index in [-0.39, 0.29) is 16.6 Å². The molecule has 0 unspecified atom stereocenters. The zero-order valence-electron chi connectivity index (χ0n) is 11.3. The average molecular weight is 325 g/mol. The van der Waals surface area contributed by atoms with E-state index in [2.05, 4.69) is 15.3 Å². The molecule has 0 fully saturated rings. The van der Waals surface area contributed by atoms with Crippen LogP contribution in [0.5, 0.6) is 5.75 Å². The van der Waals surface area contributed by atoms with Gasteiger partial charge in [-0.25, -0.2) is 14.2 Å². The molecule has 2 aromatic rings. The minimum atomic E-state index is -0.979. The Labute approximate surface area is 129 Å². The lowest BCUT2D eigenvalue weighted by molar-refractivity contribution is 0.0960. The predicted octanol–water partition coefficient (Wildman–Crippen LogP) is 2.24. The summed E-state index contributed by atoms with van der Waals surface area (Å²) in [6, 6.07) is 1.32. The summed E-state index contributed by atoms with van der Waals surface area (Å²) in [6.45, 7) is 0. The minimum absolute atomic E-state index is 0.0647. The Bertz CT molecular complexity index is 712. The van der Waals surface area contributed by atoms with E-state index in [9.17, 15) is 14.0 Å². The smallest absolute Gasteiger partial charge is 0.327 e. The first-order valence-electron chi connectivity index (χ1n) is 5.92. The van der Waals surface area contributed by atoms with Crippen molar-refractivity contribution in [2.45, 2.75) is 0 Å². The average Bonchev–Trinajstić information content (AvgIpc) is 2.46. The molecule has 1 aromatic carbocycles. The van der Waals surface area contributed by atoms with Crippen LogP contribution in [0.2, 0.25) is 5.02 Å². The molecule has 9 heteroatoms. The summed E-state index contributed by atoms with van der Waals surface area (Å²) in [5, 5.41) is 4.30. The number of imide groups is 1. The van der Waals surface area contributed by atoms with Crippen LogP contribution in [0.1, 0.15) is 10.4 Å². The van der Waals surface area contributed by atoms with Crippen LogP contribution >= 0.6 is 11.6 Å². The van der Waals surface area contributed by atoms with Crippen molar-refractivity contribution in [2.24, 2.45) is 0 Å². The lowest BCUT2D eigenvalue weighted by Crippen LogP contribution is -2.35. The Balaban J connectivity index is 2.14. The van der Waals surface area contributed by atoms with Crippen LogP contribution in [0.4, 0.5) is 15.0 Å². The molecule has 1 heterocycles. The molecule has 0 aliphatic carbocycles. The molecule has 0 saturated carbocycles. The SMILES string of the molecule is COc1cc(Cl)cc(F)c1C(=O)NC(=O)Nc1cnccn1. The predicted molar refractivity (Wildman–Crippen MR) is 76.5 cm³/mol. The lowest BCUT2D eigenvalue weighted by Gasteiger charge is -2.10. The van der Waals surface area contributed by atoms with E-state index in [0.717, 1.165) is 6.07 Å². The molecule has 0 radical (unpaired) electrons. The maximum absolute atomic E-state index is 13.8. The highest BCUT2D eigenvalue weighted by Crippen LogP contribution is 2.26. The largest absolute Gasteiger partial charge is 0.496 e. The highest BCUT2D eigenvalue weighted by Gasteiger charge is 2.21. The van der Waals surface area contributed by atoms with Gasteiger partial charge in [0.1, 0.15) is 17.1 Å². The fourth-order valence-corrected chi connectivity index (χ4v) is 1.80. The third-order valence-electron chi connectivity index (χ3n) is 2.50. The normalized spacial score (nSPS) is 9.95. The highest BCUT2D eigenvalue weighted by molar-refractivity contribution is 6.31. The Kier molecular flexibility index (Phi) is 4.84. The van der Waals surface area contributed by atoms with E-state index >= 15 is 0 Å². The molecule has 22 heavy (non-hydrogen) atoms. The second-order valence-corrected chi connectivity index (χ2v) is 4.40. The Morgan fingerprint density at radius 3 is 2.73 bits per heavy atom. The van der Waals surface area contributed by atoms with Gasteiger partial charge in [0.25, 0.3) is 5.91 Å². The number of carbonyl (C=O) groups excluding carboxylic acids is 2. The van der Waals surface area contributed by atoms with E-state index in [4.69, 9.17) is 16.3 Å². The van der Waals surface area contributed by atoms with Gasteiger partial charge in [-0.1, -0.05) is 11.6 Å². The number of methoxy groups -OCH3 is 1. The Morgan fingerprint density at radius 2 is 2.09 bits per heavy atom. The van der Waals surface area contributed by atoms with Crippen molar-refractivity contribution in [3.05, 3.63) is 47.1 Å². The molecule has 0 spiro atoms. The standard InChI is InChI=1S/C13H10ClFN4O3/c1-22-9-5-7(14)4-8(15)11(9)12(20)19-13(21)18-10-6-16-2-3-17-10/h2-6H,1H3,(H2,17,18,19,20,21). The molecule has 7 nitrogen and oxygen atoms in total. The first-order valence-corrected chi connectivity index (χ1v) is 6.30. The number of hydrogen-bond donors (Lipinski definition) is 2. The number of carbonyl (C=O) groups is 2. The van der Waals surface area contributed by atoms with Crippen LogP contribution in [-0.4, -0.2) is 29.0 Å². The van der Waals surface area contributed by atoms with Crippen molar-refractivity contribution < 1.29 is 18.7 Å². The zero-order valence-corrected chi connectivity index (χ0v) is 12.0. The van der Waals surface area contributed by atoms with Gasteiger partial charge >= 0.3 is 6.03 Å². The molecule has 3 amide bonds. The third kappa shape index (κ3) is 3.67. The van der Waals surface area contributed by atoms with Crippen molar-refractivity contribution in [1.82, 2.24) is 15.3 Å². The molecule has 1 aromatic heterocycles. The molecular formula is C13H10ClFN4O3. The van der Waals surface area contributed by atoms with Crippen LogP contribution in [0.25, 0.3) is 0 Å². The maximum Gasteiger partial charge on any atom is 0.327 e. The van der Waals surface area contributed by atoms with E-state index < -0.39 is 23.3 Å². The summed E-state index contributed by atoms with van der Waals surface area (Å²) in [5.41, 5.74) is -0.429. The lowest BCUT2D eigenvalue weighted by atomic mass is 10.1. The van der Waals surface area contributed by atoms with Gasteiger partial charge in [-0.3, -0.25) is 20.4 Å². The molecule has 0 saturated heterocycles. The van der Waals surface area contributed by atoms with E-state index in [1.165, 1.54) is 31.8 Å². The van der Waals surface area contributed by atoms with Crippen LogP contribution in [-0.2, 0) is 0 Å². The zero-order chi connectivity index (χ0) is 16.1. The van der Waals surface area contributed by atoms with Gasteiger partial charge in [0, 0.05) is 17.4 Å². The second-order valence-electron chi connectivity index (χ2n) is 3.96. The molecule has 0 bridgehead atoms. The van der Waals surface area contributed by atoms with Gasteiger partial charge in [0.05, 0.1) is 13.3 Å². The molecule has 114 valence electrons. The van der Waals surface area contributed by atoms with Crippen LogP contribution in [0.15, 0.2) is 30.7 Å². The number of hydrogen-bond acceptors (Lipinski definition) is 5. The number of aromatic nitrogens is 2. The van der Waals surface area contributed by atoms with Gasteiger partial charge in [-0.2, -0.15) is 0 Å². The molecule has 2 N–H and O–H groups in total. The highest BCUT2D eigenvalue weighted by atomic mass is 35.5. The molecule has 0 atom stereocenters. The summed E-state index contributed by atoms with van der Waals surface area (Å²) in [5.74, 6) is -1.84. The maximum atomic E-state index is 13.8. The molecule has 0 aliphatic heterocycles. The summed E-state index contributed by atoms with van der Waals surface area (Å²) in [7, 11) is 1.25. The number of amides is 3. The summed E-state index contributed by atoms with van der Waals surface area (Å²) >= 11 is 5.67. The van der Waals surface area contributed by atoms with E-state index in [1.54, 1.807) is 0 Å². The van der Waals surface area contributed by atoms with Gasteiger partial charge < -0.3 is 4.74 Å². The number of rotatable bonds is 3. The molecule has 0 aliphatic rings. The van der Waals surface area contributed by atoms with Gasteiger partial charge in [0.15, 0.2) is 5.82 Å². The van der Waals surface area contributed by atoms with Crippen molar-refractivity contribution in [1.29, 1.82) is 0 Å². The summed E-state index contributed by atoms with van der Waals surface area (Å²) in [4.78, 5) is 31.2. The van der Waals surface area contributed by atoms with Crippen molar-refractivity contribution in [3.63, 3.8) is 0 Å². The van der Waals surface area contributed by atoms with Gasteiger partial charge in [-0.15, -0.1) is 0 Å². The monoisotopic (exact) mass is 324 g/mol. The van der Waals surface area contributed by atoms with Gasteiger partial charge in [-0.05, 0) is 12.1 Å². The number of anilines is 1. The fourth-order valence-electron chi connectivity index (χ4n) is 1.61. The van der Waals surface area contributed by atoms with Gasteiger partial charge in [0.2, 0.25) is 0 Å². The number of halogens is 2. The van der Waals surface area contributed by atoms with Crippen LogP contribution in [0, 0.1) is 5.82 Å².